The fourth-order valence-electron chi connectivity index (χ4n) is 3.07. The lowest BCUT2D eigenvalue weighted by Gasteiger charge is -2.24. The van der Waals surface area contributed by atoms with Crippen molar-refractivity contribution >= 4 is 47.3 Å². The SMILES string of the molecule is CSCCC(NC(=O)C(CC(=O)O)NC(=O)C(N)CC(N)=O)C(=O)NC(Cc1ccccc1)C(=O)O. The number of aliphatic carboxylic acids is 2. The highest BCUT2D eigenvalue weighted by atomic mass is 32.2. The molecule has 198 valence electrons. The number of benzene rings is 1. The van der Waals surface area contributed by atoms with Crippen LogP contribution in [0.1, 0.15) is 24.8 Å². The van der Waals surface area contributed by atoms with Gasteiger partial charge in [-0.2, -0.15) is 11.8 Å². The maximum Gasteiger partial charge on any atom is 0.326 e. The molecule has 36 heavy (non-hydrogen) atoms. The standard InChI is InChI=1S/C22H31N5O8S/c1-36-8-7-14(20(32)27-16(22(34)35)9-12-5-3-2-4-6-12)25-21(33)15(11-18(29)30)26-19(31)13(23)10-17(24)28/h2-6,13-16H,7-11,23H2,1H3,(H2,24,28)(H,25,33)(H,26,31)(H,27,32)(H,29,30)(H,34,35). The van der Waals surface area contributed by atoms with E-state index in [1.165, 1.54) is 11.8 Å². The first kappa shape index (κ1) is 30.4. The lowest BCUT2D eigenvalue weighted by molar-refractivity contribution is -0.143. The van der Waals surface area contributed by atoms with E-state index in [1.54, 1.807) is 36.6 Å². The van der Waals surface area contributed by atoms with Crippen molar-refractivity contribution in [2.75, 3.05) is 12.0 Å². The van der Waals surface area contributed by atoms with E-state index in [4.69, 9.17) is 16.6 Å². The van der Waals surface area contributed by atoms with Crippen LogP contribution < -0.4 is 27.4 Å². The third-order valence-corrected chi connectivity index (χ3v) is 5.55. The number of carbonyl (C=O) groups excluding carboxylic acids is 4. The number of amides is 4. The number of carbonyl (C=O) groups is 6. The van der Waals surface area contributed by atoms with E-state index in [9.17, 15) is 33.9 Å². The zero-order chi connectivity index (χ0) is 27.3. The molecule has 0 heterocycles. The van der Waals surface area contributed by atoms with Gasteiger partial charge in [-0.15, -0.1) is 0 Å². The summed E-state index contributed by atoms with van der Waals surface area (Å²) in [7, 11) is 0. The van der Waals surface area contributed by atoms with E-state index in [0.29, 0.717) is 11.3 Å². The monoisotopic (exact) mass is 525 g/mol. The van der Waals surface area contributed by atoms with Crippen molar-refractivity contribution in [3.05, 3.63) is 35.9 Å². The molecule has 1 aromatic carbocycles. The molecule has 0 aromatic heterocycles. The molecule has 0 aliphatic carbocycles. The van der Waals surface area contributed by atoms with E-state index < -0.39 is 72.6 Å². The van der Waals surface area contributed by atoms with Crippen LogP contribution in [0.4, 0.5) is 0 Å². The number of hydrogen-bond acceptors (Lipinski definition) is 8. The van der Waals surface area contributed by atoms with Crippen molar-refractivity contribution in [1.82, 2.24) is 16.0 Å². The van der Waals surface area contributed by atoms with Crippen molar-refractivity contribution in [2.24, 2.45) is 11.5 Å². The third kappa shape index (κ3) is 11.2. The molecular formula is C22H31N5O8S. The second-order valence-electron chi connectivity index (χ2n) is 7.87. The van der Waals surface area contributed by atoms with Crippen LogP contribution in [0.5, 0.6) is 0 Å². The maximum absolute atomic E-state index is 12.9. The summed E-state index contributed by atoms with van der Waals surface area (Å²) in [6, 6.07) is 3.11. The second-order valence-corrected chi connectivity index (χ2v) is 8.85. The molecule has 0 saturated carbocycles. The van der Waals surface area contributed by atoms with Gasteiger partial charge in [0.2, 0.25) is 23.6 Å². The van der Waals surface area contributed by atoms with Gasteiger partial charge in [-0.3, -0.25) is 24.0 Å². The third-order valence-electron chi connectivity index (χ3n) is 4.91. The van der Waals surface area contributed by atoms with Crippen molar-refractivity contribution in [3.8, 4) is 0 Å². The van der Waals surface area contributed by atoms with Gasteiger partial charge in [0.1, 0.15) is 18.1 Å². The van der Waals surface area contributed by atoms with Gasteiger partial charge in [0.15, 0.2) is 0 Å². The minimum Gasteiger partial charge on any atom is -0.481 e. The number of hydrogen-bond donors (Lipinski definition) is 7. The number of carboxylic acids is 2. The lowest BCUT2D eigenvalue weighted by atomic mass is 10.0. The van der Waals surface area contributed by atoms with Crippen molar-refractivity contribution in [2.45, 2.75) is 49.9 Å². The second kappa shape index (κ2) is 15.4. The molecule has 0 aliphatic rings. The molecule has 1 aromatic rings. The molecule has 14 heteroatoms. The van der Waals surface area contributed by atoms with Crippen LogP contribution in [0.2, 0.25) is 0 Å². The molecule has 0 aliphatic heterocycles. The van der Waals surface area contributed by atoms with Gasteiger partial charge >= 0.3 is 11.9 Å². The van der Waals surface area contributed by atoms with Gasteiger partial charge in [-0.25, -0.2) is 4.79 Å². The normalized spacial score (nSPS) is 13.9. The van der Waals surface area contributed by atoms with Gasteiger partial charge in [0.05, 0.1) is 18.9 Å². The Kier molecular flexibility index (Phi) is 13.0. The first-order chi connectivity index (χ1) is 16.9. The predicted molar refractivity (Wildman–Crippen MR) is 131 cm³/mol. The van der Waals surface area contributed by atoms with Gasteiger partial charge in [0.25, 0.3) is 0 Å². The smallest absolute Gasteiger partial charge is 0.326 e. The summed E-state index contributed by atoms with van der Waals surface area (Å²) >= 11 is 1.37. The van der Waals surface area contributed by atoms with Crippen molar-refractivity contribution in [3.63, 3.8) is 0 Å². The average Bonchev–Trinajstić information content (AvgIpc) is 2.80. The summed E-state index contributed by atoms with van der Waals surface area (Å²) in [5, 5.41) is 25.6. The molecule has 4 unspecified atom stereocenters. The first-order valence-electron chi connectivity index (χ1n) is 10.9. The Morgan fingerprint density at radius 1 is 0.861 bits per heavy atom. The van der Waals surface area contributed by atoms with Crippen LogP contribution >= 0.6 is 11.8 Å². The topological polar surface area (TPSA) is 231 Å². The summed E-state index contributed by atoms with van der Waals surface area (Å²) in [4.78, 5) is 71.9. The first-order valence-corrected chi connectivity index (χ1v) is 12.3. The van der Waals surface area contributed by atoms with Crippen molar-refractivity contribution in [1.29, 1.82) is 0 Å². The van der Waals surface area contributed by atoms with E-state index in [0.717, 1.165) is 0 Å². The lowest BCUT2D eigenvalue weighted by Crippen LogP contribution is -2.58. The number of nitrogens with one attached hydrogen (secondary N) is 3. The molecule has 0 radical (unpaired) electrons. The highest BCUT2D eigenvalue weighted by Gasteiger charge is 2.31. The number of primary amides is 1. The number of nitrogens with two attached hydrogens (primary N) is 2. The fraction of sp³-hybridized carbons (Fsp3) is 0.455. The average molecular weight is 526 g/mol. The summed E-state index contributed by atoms with van der Waals surface area (Å²) in [5.74, 6) is -5.91. The maximum atomic E-state index is 12.9. The number of carboxylic acid groups (broad SMARTS) is 2. The van der Waals surface area contributed by atoms with Crippen LogP contribution in [-0.2, 0) is 35.2 Å². The largest absolute Gasteiger partial charge is 0.481 e. The highest BCUT2D eigenvalue weighted by molar-refractivity contribution is 7.98. The molecule has 13 nitrogen and oxygen atoms in total. The zero-order valence-electron chi connectivity index (χ0n) is 19.6. The van der Waals surface area contributed by atoms with Crippen LogP contribution in [0.15, 0.2) is 30.3 Å². The molecule has 9 N–H and O–H groups in total. The van der Waals surface area contributed by atoms with E-state index >= 15 is 0 Å². The van der Waals surface area contributed by atoms with Gasteiger partial charge in [-0.1, -0.05) is 30.3 Å². The summed E-state index contributed by atoms with van der Waals surface area (Å²) in [6.07, 6.45) is 0.513. The fourth-order valence-corrected chi connectivity index (χ4v) is 3.54. The van der Waals surface area contributed by atoms with E-state index in [-0.39, 0.29) is 12.8 Å². The molecule has 0 bridgehead atoms. The van der Waals surface area contributed by atoms with Crippen molar-refractivity contribution < 1.29 is 39.0 Å². The van der Waals surface area contributed by atoms with Crippen LogP contribution in [0.3, 0.4) is 0 Å². The molecule has 4 amide bonds. The number of thioether (sulfide) groups is 1. The Morgan fingerprint density at radius 3 is 1.94 bits per heavy atom. The van der Waals surface area contributed by atoms with Crippen LogP contribution in [-0.4, -0.2) is 82.0 Å². The van der Waals surface area contributed by atoms with Gasteiger partial charge in [-0.05, 0) is 24.0 Å². The van der Waals surface area contributed by atoms with Gasteiger partial charge < -0.3 is 37.6 Å². The molecular weight excluding hydrogens is 494 g/mol. The quantitative estimate of drug-likeness (QED) is 0.128. The molecule has 0 fully saturated rings. The summed E-state index contributed by atoms with van der Waals surface area (Å²) in [5.41, 5.74) is 11.2. The van der Waals surface area contributed by atoms with E-state index in [2.05, 4.69) is 16.0 Å². The highest BCUT2D eigenvalue weighted by Crippen LogP contribution is 2.07. The molecule has 0 spiro atoms. The van der Waals surface area contributed by atoms with Crippen LogP contribution in [0, 0.1) is 0 Å². The molecule has 1 rings (SSSR count). The Bertz CT molecular complexity index is 946. The number of rotatable bonds is 16. The Morgan fingerprint density at radius 2 is 1.42 bits per heavy atom. The minimum absolute atomic E-state index is 0.000551. The van der Waals surface area contributed by atoms with Gasteiger partial charge in [0, 0.05) is 6.42 Å². The molecule has 0 saturated heterocycles. The Balaban J connectivity index is 2.99. The van der Waals surface area contributed by atoms with Crippen LogP contribution in [0.25, 0.3) is 0 Å². The summed E-state index contributed by atoms with van der Waals surface area (Å²) < 4.78 is 0. The van der Waals surface area contributed by atoms with E-state index in [1.807, 2.05) is 0 Å². The Labute approximate surface area is 211 Å². The molecule has 4 atom stereocenters. The zero-order valence-corrected chi connectivity index (χ0v) is 20.5. The summed E-state index contributed by atoms with van der Waals surface area (Å²) in [6.45, 7) is 0. The predicted octanol–water partition coefficient (Wildman–Crippen LogP) is -1.80. The minimum atomic E-state index is -1.61. The Hall–Kier alpha value is -3.65.